The SMILES string of the molecule is CC(C)(C)NCC(O)c1cc(Cl)c(N)c(Cl)c1.C[C@]12CCC(=O)C=C1CC[C@@H]1[C@@H]2CC[C@]2(C)C(=O)CC[C@@H]12. The van der Waals surface area contributed by atoms with Crippen LogP contribution in [0.15, 0.2) is 23.8 Å². The van der Waals surface area contributed by atoms with E-state index in [4.69, 9.17) is 28.9 Å². The number of carbonyl (C=O) groups is 2. The molecule has 1 unspecified atom stereocenters. The van der Waals surface area contributed by atoms with E-state index < -0.39 is 6.10 Å². The maximum Gasteiger partial charge on any atom is 0.155 e. The number of carbonyl (C=O) groups excluding carboxylic acids is 2. The molecule has 4 N–H and O–H groups in total. The molecule has 210 valence electrons. The van der Waals surface area contributed by atoms with Gasteiger partial charge in [-0.05, 0) is 106 Å². The summed E-state index contributed by atoms with van der Waals surface area (Å²) in [7, 11) is 0. The van der Waals surface area contributed by atoms with Crippen molar-refractivity contribution in [2.45, 2.75) is 97.6 Å². The Morgan fingerprint density at radius 2 is 1.63 bits per heavy atom. The molecule has 5 nitrogen and oxygen atoms in total. The lowest BCUT2D eigenvalue weighted by atomic mass is 9.47. The summed E-state index contributed by atoms with van der Waals surface area (Å²) in [6, 6.07) is 3.27. The van der Waals surface area contributed by atoms with E-state index in [1.54, 1.807) is 12.1 Å². The number of rotatable bonds is 3. The molecule has 0 amide bonds. The lowest BCUT2D eigenvalue weighted by molar-refractivity contribution is -0.132. The van der Waals surface area contributed by atoms with E-state index in [-0.39, 0.29) is 16.4 Å². The number of nitrogen functional groups attached to an aromatic ring is 1. The Bertz CT molecular complexity index is 1100. The summed E-state index contributed by atoms with van der Waals surface area (Å²) in [5.41, 5.74) is 8.22. The number of hydrogen-bond acceptors (Lipinski definition) is 5. The number of benzene rings is 1. The fourth-order valence-corrected chi connectivity index (χ4v) is 8.15. The summed E-state index contributed by atoms with van der Waals surface area (Å²) in [6.45, 7) is 11.2. The topological polar surface area (TPSA) is 92.4 Å². The lowest BCUT2D eigenvalue weighted by Crippen LogP contribution is -2.50. The predicted molar refractivity (Wildman–Crippen MR) is 155 cm³/mol. The van der Waals surface area contributed by atoms with Crippen molar-refractivity contribution in [1.29, 1.82) is 0 Å². The molecular weight excluding hydrogens is 519 g/mol. The van der Waals surface area contributed by atoms with Crippen molar-refractivity contribution >= 4 is 40.5 Å². The van der Waals surface area contributed by atoms with Crippen molar-refractivity contribution in [3.63, 3.8) is 0 Å². The summed E-state index contributed by atoms with van der Waals surface area (Å²) >= 11 is 11.8. The Labute approximate surface area is 237 Å². The normalized spacial score (nSPS) is 33.4. The molecule has 3 fully saturated rings. The second-order valence-electron chi connectivity index (χ2n) is 13.4. The molecule has 0 aliphatic heterocycles. The van der Waals surface area contributed by atoms with Gasteiger partial charge in [-0.2, -0.15) is 0 Å². The number of anilines is 1. The Morgan fingerprint density at radius 1 is 1.00 bits per heavy atom. The van der Waals surface area contributed by atoms with Gasteiger partial charge in [0.2, 0.25) is 0 Å². The van der Waals surface area contributed by atoms with E-state index in [2.05, 4.69) is 19.2 Å². The van der Waals surface area contributed by atoms with E-state index in [1.807, 2.05) is 26.8 Å². The molecular formula is C31H44Cl2N2O3. The van der Waals surface area contributed by atoms with Crippen molar-refractivity contribution in [1.82, 2.24) is 5.32 Å². The Kier molecular flexibility index (Phi) is 8.47. The number of aliphatic hydroxyl groups is 1. The Morgan fingerprint density at radius 3 is 2.26 bits per heavy atom. The highest BCUT2D eigenvalue weighted by molar-refractivity contribution is 6.38. The van der Waals surface area contributed by atoms with Crippen LogP contribution in [0.1, 0.15) is 97.7 Å². The van der Waals surface area contributed by atoms with Gasteiger partial charge >= 0.3 is 0 Å². The van der Waals surface area contributed by atoms with Gasteiger partial charge in [0.25, 0.3) is 0 Å². The maximum absolute atomic E-state index is 12.4. The smallest absolute Gasteiger partial charge is 0.155 e. The van der Waals surface area contributed by atoms with Gasteiger partial charge in [0, 0.05) is 30.3 Å². The van der Waals surface area contributed by atoms with Crippen molar-refractivity contribution in [3.05, 3.63) is 39.4 Å². The third kappa shape index (κ3) is 5.73. The molecule has 7 heteroatoms. The zero-order valence-electron chi connectivity index (χ0n) is 23.5. The quantitative estimate of drug-likeness (QED) is 0.342. The molecule has 0 heterocycles. The first-order valence-corrected chi connectivity index (χ1v) is 14.9. The van der Waals surface area contributed by atoms with Gasteiger partial charge < -0.3 is 16.2 Å². The van der Waals surface area contributed by atoms with Crippen LogP contribution in [0.25, 0.3) is 0 Å². The van der Waals surface area contributed by atoms with Gasteiger partial charge in [-0.15, -0.1) is 0 Å². The highest BCUT2D eigenvalue weighted by atomic mass is 35.5. The predicted octanol–water partition coefficient (Wildman–Crippen LogP) is 7.08. The van der Waals surface area contributed by atoms with E-state index in [9.17, 15) is 14.7 Å². The highest BCUT2D eigenvalue weighted by Gasteiger charge is 2.58. The third-order valence-corrected chi connectivity index (χ3v) is 10.6. The minimum absolute atomic E-state index is 0.0246. The van der Waals surface area contributed by atoms with Crippen LogP contribution in [0.3, 0.4) is 0 Å². The number of aliphatic hydroxyl groups excluding tert-OH is 1. The fraction of sp³-hybridized carbons (Fsp3) is 0.677. The van der Waals surface area contributed by atoms with Crippen LogP contribution >= 0.6 is 23.2 Å². The van der Waals surface area contributed by atoms with E-state index in [0.29, 0.717) is 57.2 Å². The van der Waals surface area contributed by atoms with Crippen LogP contribution in [-0.4, -0.2) is 28.8 Å². The number of β-amino-alcohol motifs (C(OH)–C–C–N with tert-alkyl or cyclic N) is 1. The van der Waals surface area contributed by atoms with Crippen LogP contribution in [0, 0.1) is 28.6 Å². The standard InChI is InChI=1S/C19H26O2.C12H18Cl2N2O/c1-18-9-7-13(20)11-12(18)3-4-14-15-5-6-17(21)19(15,2)10-8-16(14)18;1-12(2,3)16-6-10(17)7-4-8(13)11(15)9(14)5-7/h11,14-16H,3-10H2,1-2H3;4-5,10,16-17H,6,15H2,1-3H3/t14-,15-,16-,18-,19-;/m0./s1. The number of allylic oxidation sites excluding steroid dienone is 1. The first kappa shape index (κ1) is 29.6. The molecule has 0 saturated heterocycles. The zero-order chi connectivity index (χ0) is 28.0. The fourth-order valence-electron chi connectivity index (χ4n) is 7.65. The van der Waals surface area contributed by atoms with Gasteiger partial charge in [0.15, 0.2) is 5.78 Å². The summed E-state index contributed by atoms with van der Waals surface area (Å²) in [5.74, 6) is 2.88. The number of nitrogens with one attached hydrogen (secondary N) is 1. The Hall–Kier alpha value is -1.40. The summed E-state index contributed by atoms with van der Waals surface area (Å²) in [6.07, 6.45) is 9.54. The molecule has 1 aromatic carbocycles. The summed E-state index contributed by atoms with van der Waals surface area (Å²) in [5, 5.41) is 13.9. The average molecular weight is 564 g/mol. The molecule has 38 heavy (non-hydrogen) atoms. The molecule has 0 aromatic heterocycles. The van der Waals surface area contributed by atoms with E-state index in [1.165, 1.54) is 18.4 Å². The molecule has 4 aliphatic rings. The monoisotopic (exact) mass is 562 g/mol. The molecule has 5 rings (SSSR count). The number of Topliss-reactive ketones (excluding diaryl/α,β-unsaturated/α-hetero) is 1. The number of ketones is 2. The maximum atomic E-state index is 12.4. The first-order chi connectivity index (χ1) is 17.7. The minimum atomic E-state index is -0.662. The highest BCUT2D eigenvalue weighted by Crippen LogP contribution is 2.64. The lowest BCUT2D eigenvalue weighted by Gasteiger charge is -2.56. The van der Waals surface area contributed by atoms with Gasteiger partial charge in [-0.1, -0.05) is 42.6 Å². The number of halogens is 2. The van der Waals surface area contributed by atoms with Crippen LogP contribution < -0.4 is 11.1 Å². The average Bonchev–Trinajstić information content (AvgIpc) is 3.15. The second-order valence-corrected chi connectivity index (χ2v) is 14.2. The molecule has 0 spiro atoms. The Balaban J connectivity index is 0.000000182. The van der Waals surface area contributed by atoms with E-state index >= 15 is 0 Å². The van der Waals surface area contributed by atoms with Crippen LogP contribution in [0.4, 0.5) is 5.69 Å². The molecule has 3 saturated carbocycles. The van der Waals surface area contributed by atoms with Crippen molar-refractivity contribution in [2.24, 2.45) is 28.6 Å². The van der Waals surface area contributed by atoms with Crippen LogP contribution in [-0.2, 0) is 9.59 Å². The minimum Gasteiger partial charge on any atom is -0.396 e. The largest absolute Gasteiger partial charge is 0.396 e. The van der Waals surface area contributed by atoms with Crippen molar-refractivity contribution < 1.29 is 14.7 Å². The van der Waals surface area contributed by atoms with Gasteiger partial charge in [-0.25, -0.2) is 0 Å². The molecule has 0 radical (unpaired) electrons. The van der Waals surface area contributed by atoms with Gasteiger partial charge in [0.05, 0.1) is 21.8 Å². The number of hydrogen-bond donors (Lipinski definition) is 3. The zero-order valence-corrected chi connectivity index (χ0v) is 25.0. The molecule has 4 aliphatic carbocycles. The van der Waals surface area contributed by atoms with Crippen LogP contribution in [0.2, 0.25) is 10.0 Å². The number of fused-ring (bicyclic) bond motifs is 5. The van der Waals surface area contributed by atoms with Crippen LogP contribution in [0.5, 0.6) is 0 Å². The first-order valence-electron chi connectivity index (χ1n) is 14.1. The second kappa shape index (κ2) is 10.9. The molecule has 0 bridgehead atoms. The summed E-state index contributed by atoms with van der Waals surface area (Å²) in [4.78, 5) is 24.1. The third-order valence-electron chi connectivity index (χ3n) is 9.98. The number of nitrogens with two attached hydrogens (primary N) is 1. The molecule has 6 atom stereocenters. The molecule has 1 aromatic rings. The summed E-state index contributed by atoms with van der Waals surface area (Å²) < 4.78 is 0. The van der Waals surface area contributed by atoms with Crippen molar-refractivity contribution in [3.8, 4) is 0 Å². The van der Waals surface area contributed by atoms with Crippen molar-refractivity contribution in [2.75, 3.05) is 12.3 Å². The van der Waals surface area contributed by atoms with E-state index in [0.717, 1.165) is 38.5 Å². The van der Waals surface area contributed by atoms with Gasteiger partial charge in [-0.3, -0.25) is 9.59 Å². The van der Waals surface area contributed by atoms with Gasteiger partial charge in [0.1, 0.15) is 5.78 Å².